The van der Waals surface area contributed by atoms with Gasteiger partial charge in [-0.15, -0.1) is 0 Å². The van der Waals surface area contributed by atoms with Crippen molar-refractivity contribution in [2.24, 2.45) is 5.92 Å². The van der Waals surface area contributed by atoms with E-state index in [9.17, 15) is 35.4 Å². The molecular weight excluding hydrogens is 516 g/mol. The summed E-state index contributed by atoms with van der Waals surface area (Å²) in [5.41, 5.74) is 3.32. The molecule has 214 valence electrons. The number of benzene rings is 3. The number of aliphatic hydroxyl groups excluding tert-OH is 2. The summed E-state index contributed by atoms with van der Waals surface area (Å²) in [5.74, 6) is -1.21. The van der Waals surface area contributed by atoms with E-state index in [1.165, 1.54) is 19.2 Å². The predicted molar refractivity (Wildman–Crippen MR) is 147 cm³/mol. The first kappa shape index (κ1) is 29.0. The lowest BCUT2D eigenvalue weighted by molar-refractivity contribution is -0.126. The van der Waals surface area contributed by atoms with Crippen LogP contribution in [0.5, 0.6) is 34.5 Å². The molecule has 1 aliphatic rings. The van der Waals surface area contributed by atoms with Gasteiger partial charge in [0.2, 0.25) is 5.75 Å². The first-order chi connectivity index (χ1) is 19.2. The molecule has 0 unspecified atom stereocenters. The van der Waals surface area contributed by atoms with E-state index >= 15 is 0 Å². The number of methoxy groups -OCH3 is 1. The second-order valence-corrected chi connectivity index (χ2v) is 10.1. The van der Waals surface area contributed by atoms with Gasteiger partial charge in [0.15, 0.2) is 23.0 Å². The van der Waals surface area contributed by atoms with E-state index < -0.39 is 18.6 Å². The van der Waals surface area contributed by atoms with Crippen LogP contribution in [0.1, 0.15) is 47.1 Å². The van der Waals surface area contributed by atoms with Crippen LogP contribution in [0.15, 0.2) is 42.5 Å². The molecule has 9 heteroatoms. The maximum atomic E-state index is 13.6. The van der Waals surface area contributed by atoms with Crippen LogP contribution >= 0.6 is 0 Å². The molecular formula is C31H36O9. The molecule has 0 aliphatic carbocycles. The molecule has 1 aliphatic heterocycles. The normalized spacial score (nSPS) is 14.2. The van der Waals surface area contributed by atoms with E-state index in [1.54, 1.807) is 24.3 Å². The standard InChI is InChI=1S/C31H36O9/c1-39-29-15-18(14-28(37)30(29)38)7-10-25(34)22(16-20-4-2-6-24(33)23(20)17-32)26(35)11-8-19-9-12-27(36)31-21(19)5-3-13-40-31/h2,4,6,9,12,14-15,22,26,32-33,35-38H,3,5,7-8,10-11,13,16-17H2,1H3/t22-,26+/m0/s1. The molecule has 0 amide bonds. The molecule has 0 radical (unpaired) electrons. The minimum Gasteiger partial charge on any atom is -0.508 e. The number of carbonyl (C=O) groups is 1. The number of aliphatic hydroxyl groups is 2. The fraction of sp³-hybridized carbons (Fsp3) is 0.387. The van der Waals surface area contributed by atoms with E-state index in [-0.39, 0.29) is 60.2 Å². The molecule has 9 nitrogen and oxygen atoms in total. The maximum absolute atomic E-state index is 13.6. The highest BCUT2D eigenvalue weighted by Crippen LogP contribution is 2.38. The van der Waals surface area contributed by atoms with Gasteiger partial charge in [0.25, 0.3) is 0 Å². The van der Waals surface area contributed by atoms with Crippen molar-refractivity contribution in [2.75, 3.05) is 13.7 Å². The monoisotopic (exact) mass is 552 g/mol. The van der Waals surface area contributed by atoms with Gasteiger partial charge in [0.05, 0.1) is 26.4 Å². The van der Waals surface area contributed by atoms with E-state index in [0.29, 0.717) is 35.5 Å². The summed E-state index contributed by atoms with van der Waals surface area (Å²) in [7, 11) is 1.36. The Labute approximate surface area is 232 Å². The van der Waals surface area contributed by atoms with Crippen LogP contribution in [0.4, 0.5) is 0 Å². The van der Waals surface area contributed by atoms with Crippen molar-refractivity contribution in [1.82, 2.24) is 0 Å². The molecule has 0 spiro atoms. The van der Waals surface area contributed by atoms with Crippen molar-refractivity contribution in [3.63, 3.8) is 0 Å². The fourth-order valence-electron chi connectivity index (χ4n) is 5.35. The van der Waals surface area contributed by atoms with Crippen molar-refractivity contribution in [3.8, 4) is 34.5 Å². The average molecular weight is 553 g/mol. The number of ether oxygens (including phenoxy) is 2. The molecule has 6 N–H and O–H groups in total. The number of phenolic OH excluding ortho intramolecular Hbond substituents is 3. The molecule has 3 aromatic rings. The summed E-state index contributed by atoms with van der Waals surface area (Å²) in [6.45, 7) is 0.121. The Morgan fingerprint density at radius 3 is 2.55 bits per heavy atom. The molecule has 0 bridgehead atoms. The quantitative estimate of drug-likeness (QED) is 0.184. The lowest BCUT2D eigenvalue weighted by Gasteiger charge is -2.25. The van der Waals surface area contributed by atoms with Crippen molar-refractivity contribution in [1.29, 1.82) is 0 Å². The summed E-state index contributed by atoms with van der Waals surface area (Å²) in [4.78, 5) is 13.6. The molecule has 0 fully saturated rings. The Morgan fingerprint density at radius 2 is 1.80 bits per heavy atom. The van der Waals surface area contributed by atoms with Gasteiger partial charge >= 0.3 is 0 Å². The molecule has 3 aromatic carbocycles. The molecule has 4 rings (SSSR count). The highest BCUT2D eigenvalue weighted by Gasteiger charge is 2.29. The van der Waals surface area contributed by atoms with Gasteiger partial charge in [-0.25, -0.2) is 0 Å². The van der Waals surface area contributed by atoms with Crippen LogP contribution in [0.2, 0.25) is 0 Å². The third-order valence-corrected chi connectivity index (χ3v) is 7.58. The Kier molecular flexibility index (Phi) is 9.39. The summed E-state index contributed by atoms with van der Waals surface area (Å²) in [6, 6.07) is 11.1. The smallest absolute Gasteiger partial charge is 0.200 e. The minimum absolute atomic E-state index is 0.0464. The van der Waals surface area contributed by atoms with Crippen LogP contribution in [-0.4, -0.2) is 56.2 Å². The highest BCUT2D eigenvalue weighted by molar-refractivity contribution is 5.82. The number of fused-ring (bicyclic) bond motifs is 1. The largest absolute Gasteiger partial charge is 0.508 e. The maximum Gasteiger partial charge on any atom is 0.200 e. The van der Waals surface area contributed by atoms with Gasteiger partial charge in [-0.05, 0) is 79.5 Å². The van der Waals surface area contributed by atoms with Gasteiger partial charge in [0, 0.05) is 23.5 Å². The minimum atomic E-state index is -1.03. The molecule has 40 heavy (non-hydrogen) atoms. The number of hydrogen-bond donors (Lipinski definition) is 6. The second-order valence-electron chi connectivity index (χ2n) is 10.1. The number of aromatic hydroxyl groups is 4. The number of phenols is 4. The zero-order valence-electron chi connectivity index (χ0n) is 22.5. The SMILES string of the molecule is COc1cc(CCC(=O)[C@H](Cc2cccc(O)c2CO)[C@H](O)CCc2ccc(O)c3c2CCCO3)cc(O)c1O. The van der Waals surface area contributed by atoms with E-state index in [0.717, 1.165) is 24.0 Å². The summed E-state index contributed by atoms with van der Waals surface area (Å²) >= 11 is 0. The number of rotatable bonds is 12. The lowest BCUT2D eigenvalue weighted by atomic mass is 9.83. The molecule has 0 aromatic heterocycles. The fourth-order valence-corrected chi connectivity index (χ4v) is 5.35. The second kappa shape index (κ2) is 12.9. The first-order valence-corrected chi connectivity index (χ1v) is 13.4. The summed E-state index contributed by atoms with van der Waals surface area (Å²) in [6.07, 6.45) is 1.69. The van der Waals surface area contributed by atoms with Gasteiger partial charge in [-0.1, -0.05) is 18.2 Å². The number of hydrogen-bond acceptors (Lipinski definition) is 9. The number of carbonyl (C=O) groups excluding carboxylic acids is 1. The van der Waals surface area contributed by atoms with Crippen molar-refractivity contribution < 1.29 is 44.9 Å². The first-order valence-electron chi connectivity index (χ1n) is 13.4. The lowest BCUT2D eigenvalue weighted by Crippen LogP contribution is -2.31. The van der Waals surface area contributed by atoms with Crippen LogP contribution in [0.25, 0.3) is 0 Å². The Morgan fingerprint density at radius 1 is 1.00 bits per heavy atom. The van der Waals surface area contributed by atoms with Crippen LogP contribution in [0, 0.1) is 5.92 Å². The topological polar surface area (TPSA) is 157 Å². The van der Waals surface area contributed by atoms with E-state index in [2.05, 4.69) is 0 Å². The van der Waals surface area contributed by atoms with Crippen LogP contribution in [-0.2, 0) is 37.1 Å². The molecule has 0 saturated heterocycles. The number of aryl methyl sites for hydroxylation is 2. The Hall–Kier alpha value is -3.95. The molecule has 2 atom stereocenters. The van der Waals surface area contributed by atoms with E-state index in [4.69, 9.17) is 9.47 Å². The third kappa shape index (κ3) is 6.43. The molecule has 0 saturated carbocycles. The van der Waals surface area contributed by atoms with Gasteiger partial charge < -0.3 is 40.1 Å². The van der Waals surface area contributed by atoms with Gasteiger partial charge in [-0.3, -0.25) is 4.79 Å². The van der Waals surface area contributed by atoms with E-state index in [1.807, 2.05) is 6.07 Å². The zero-order valence-corrected chi connectivity index (χ0v) is 22.5. The molecule has 1 heterocycles. The van der Waals surface area contributed by atoms with Gasteiger partial charge in [-0.2, -0.15) is 0 Å². The summed E-state index contributed by atoms with van der Waals surface area (Å²) < 4.78 is 10.7. The predicted octanol–water partition coefficient (Wildman–Crippen LogP) is 3.69. The Bertz CT molecular complexity index is 1350. The van der Waals surface area contributed by atoms with Crippen LogP contribution < -0.4 is 9.47 Å². The third-order valence-electron chi connectivity index (χ3n) is 7.58. The Balaban J connectivity index is 1.55. The van der Waals surface area contributed by atoms with Crippen LogP contribution in [0.3, 0.4) is 0 Å². The number of Topliss-reactive ketones (excluding diaryl/α,β-unsaturated/α-hetero) is 1. The van der Waals surface area contributed by atoms with Crippen molar-refractivity contribution >= 4 is 5.78 Å². The highest BCUT2D eigenvalue weighted by atomic mass is 16.5. The number of ketones is 1. The van der Waals surface area contributed by atoms with Gasteiger partial charge in [0.1, 0.15) is 11.5 Å². The van der Waals surface area contributed by atoms with Crippen molar-refractivity contribution in [2.45, 2.75) is 57.7 Å². The zero-order chi connectivity index (χ0) is 28.8. The summed E-state index contributed by atoms with van der Waals surface area (Å²) in [5, 5.41) is 61.5. The van der Waals surface area contributed by atoms with Crippen molar-refractivity contribution in [3.05, 3.63) is 70.3 Å². The average Bonchev–Trinajstić information content (AvgIpc) is 2.96.